The molecule has 7 heteroatoms. The van der Waals surface area contributed by atoms with Crippen LogP contribution in [0.4, 0.5) is 4.79 Å². The quantitative estimate of drug-likeness (QED) is 0.839. The van der Waals surface area contributed by atoms with E-state index in [4.69, 9.17) is 4.52 Å². The van der Waals surface area contributed by atoms with Gasteiger partial charge in [-0.05, 0) is 32.6 Å². The number of carbonyl (C=O) groups is 1. The molecule has 1 atom stereocenters. The van der Waals surface area contributed by atoms with Gasteiger partial charge in [-0.3, -0.25) is 0 Å². The van der Waals surface area contributed by atoms with Gasteiger partial charge in [-0.2, -0.15) is 4.98 Å². The van der Waals surface area contributed by atoms with Crippen molar-refractivity contribution in [2.75, 3.05) is 13.6 Å². The van der Waals surface area contributed by atoms with Crippen molar-refractivity contribution in [1.29, 1.82) is 0 Å². The number of urea groups is 1. The van der Waals surface area contributed by atoms with Crippen LogP contribution in [0.3, 0.4) is 0 Å². The second kappa shape index (κ2) is 6.24. The molecule has 124 valence electrons. The zero-order valence-corrected chi connectivity index (χ0v) is 14.0. The highest BCUT2D eigenvalue weighted by Crippen LogP contribution is 2.38. The summed E-state index contributed by atoms with van der Waals surface area (Å²) in [4.78, 5) is 18.1. The molecule has 1 saturated carbocycles. The van der Waals surface area contributed by atoms with Crippen LogP contribution in [0.1, 0.15) is 64.2 Å². The lowest BCUT2D eigenvalue weighted by atomic mass is 10.0. The number of hydrogen-bond donors (Lipinski definition) is 2. The van der Waals surface area contributed by atoms with Crippen molar-refractivity contribution in [3.63, 3.8) is 0 Å². The maximum Gasteiger partial charge on any atom is 0.317 e. The van der Waals surface area contributed by atoms with Gasteiger partial charge in [0.2, 0.25) is 5.89 Å². The Labute approximate surface area is 131 Å². The summed E-state index contributed by atoms with van der Waals surface area (Å²) in [6, 6.07) is -0.608. The first-order valence-corrected chi connectivity index (χ1v) is 7.75. The summed E-state index contributed by atoms with van der Waals surface area (Å²) >= 11 is 0. The van der Waals surface area contributed by atoms with Crippen LogP contribution in [0.5, 0.6) is 0 Å². The summed E-state index contributed by atoms with van der Waals surface area (Å²) in [5, 5.41) is 16.7. The lowest BCUT2D eigenvalue weighted by Gasteiger charge is -2.28. The molecule has 1 aromatic rings. The molecule has 1 aliphatic carbocycles. The van der Waals surface area contributed by atoms with Crippen LogP contribution >= 0.6 is 0 Å². The molecule has 1 unspecified atom stereocenters. The number of amides is 2. The molecule has 0 aromatic carbocycles. The molecule has 1 aromatic heterocycles. The molecule has 1 aliphatic rings. The maximum absolute atomic E-state index is 12.3. The van der Waals surface area contributed by atoms with Crippen molar-refractivity contribution in [2.45, 2.75) is 58.1 Å². The molecule has 0 bridgehead atoms. The highest BCUT2D eigenvalue weighted by Gasteiger charge is 2.32. The van der Waals surface area contributed by atoms with Crippen molar-refractivity contribution in [3.8, 4) is 0 Å². The normalized spacial score (nSPS) is 16.7. The molecular formula is C15H26N4O3. The zero-order chi connectivity index (χ0) is 16.5. The lowest BCUT2D eigenvalue weighted by molar-refractivity contribution is 0.0523. The molecule has 1 fully saturated rings. The Morgan fingerprint density at radius 3 is 2.64 bits per heavy atom. The zero-order valence-electron chi connectivity index (χ0n) is 14.0. The summed E-state index contributed by atoms with van der Waals surface area (Å²) in [5.41, 5.74) is -0.941. The van der Waals surface area contributed by atoms with Gasteiger partial charge in [0, 0.05) is 13.0 Å². The van der Waals surface area contributed by atoms with Crippen molar-refractivity contribution in [1.82, 2.24) is 20.4 Å². The summed E-state index contributed by atoms with van der Waals surface area (Å²) in [5.74, 6) is 1.72. The standard InChI is InChI=1S/C15H26N4O3/c1-9(2)11(13-17-12(18-22-13)10-6-7-10)16-14(20)19(5)8-15(3,4)21/h9-11,21H,6-8H2,1-5H3,(H,16,20). The van der Waals surface area contributed by atoms with Crippen molar-refractivity contribution in [2.24, 2.45) is 5.92 Å². The average Bonchev–Trinajstić information content (AvgIpc) is 3.12. The Morgan fingerprint density at radius 2 is 2.14 bits per heavy atom. The van der Waals surface area contributed by atoms with Gasteiger partial charge >= 0.3 is 6.03 Å². The molecule has 7 nitrogen and oxygen atoms in total. The smallest absolute Gasteiger partial charge is 0.317 e. The molecule has 2 N–H and O–H groups in total. The van der Waals surface area contributed by atoms with Gasteiger partial charge in [0.25, 0.3) is 0 Å². The van der Waals surface area contributed by atoms with Crippen LogP contribution in [-0.2, 0) is 0 Å². The van der Waals surface area contributed by atoms with E-state index in [0.29, 0.717) is 11.8 Å². The number of nitrogens with zero attached hydrogens (tertiary/aromatic N) is 3. The van der Waals surface area contributed by atoms with E-state index >= 15 is 0 Å². The van der Waals surface area contributed by atoms with Crippen molar-refractivity contribution < 1.29 is 14.4 Å². The fraction of sp³-hybridized carbons (Fsp3) is 0.800. The first kappa shape index (κ1) is 16.7. The molecule has 22 heavy (non-hydrogen) atoms. The SMILES string of the molecule is CC(C)C(NC(=O)N(C)CC(C)(C)O)c1nc(C2CC2)no1. The predicted octanol–water partition coefficient (Wildman–Crippen LogP) is 2.06. The molecular weight excluding hydrogens is 284 g/mol. The minimum absolute atomic E-state index is 0.118. The second-order valence-electron chi connectivity index (χ2n) is 7.10. The Kier molecular flexibility index (Phi) is 4.75. The largest absolute Gasteiger partial charge is 0.389 e. The Morgan fingerprint density at radius 1 is 1.50 bits per heavy atom. The third-order valence-corrected chi connectivity index (χ3v) is 3.58. The van der Waals surface area contributed by atoms with E-state index in [1.54, 1.807) is 20.9 Å². The third kappa shape index (κ3) is 4.43. The predicted molar refractivity (Wildman–Crippen MR) is 81.3 cm³/mol. The van der Waals surface area contributed by atoms with Gasteiger partial charge < -0.3 is 19.8 Å². The van der Waals surface area contributed by atoms with Crippen LogP contribution in [0.15, 0.2) is 4.52 Å². The van der Waals surface area contributed by atoms with E-state index in [-0.39, 0.29) is 24.5 Å². The van der Waals surface area contributed by atoms with Crippen LogP contribution in [-0.4, -0.2) is 45.4 Å². The molecule has 0 saturated heterocycles. The number of hydrogen-bond acceptors (Lipinski definition) is 5. The fourth-order valence-corrected chi connectivity index (χ4v) is 2.29. The molecule has 2 rings (SSSR count). The second-order valence-corrected chi connectivity index (χ2v) is 7.10. The monoisotopic (exact) mass is 310 g/mol. The minimum atomic E-state index is -0.941. The van der Waals surface area contributed by atoms with Gasteiger partial charge in [-0.25, -0.2) is 4.79 Å². The summed E-state index contributed by atoms with van der Waals surface area (Å²) < 4.78 is 5.33. The van der Waals surface area contributed by atoms with Crippen molar-refractivity contribution in [3.05, 3.63) is 11.7 Å². The van der Waals surface area contributed by atoms with Crippen LogP contribution < -0.4 is 5.32 Å². The topological polar surface area (TPSA) is 91.5 Å². The molecule has 0 spiro atoms. The van der Waals surface area contributed by atoms with E-state index in [1.165, 1.54) is 4.90 Å². The Bertz CT molecular complexity index is 517. The van der Waals surface area contributed by atoms with E-state index in [9.17, 15) is 9.90 Å². The molecule has 0 aliphatic heterocycles. The van der Waals surface area contributed by atoms with E-state index < -0.39 is 5.60 Å². The van der Waals surface area contributed by atoms with Gasteiger partial charge in [0.05, 0.1) is 12.1 Å². The van der Waals surface area contributed by atoms with Gasteiger partial charge in [0.1, 0.15) is 6.04 Å². The van der Waals surface area contributed by atoms with Crippen LogP contribution in [0, 0.1) is 5.92 Å². The molecule has 0 radical (unpaired) electrons. The van der Waals surface area contributed by atoms with E-state index in [0.717, 1.165) is 18.7 Å². The average molecular weight is 310 g/mol. The van der Waals surface area contributed by atoms with Gasteiger partial charge in [-0.15, -0.1) is 0 Å². The molecule has 1 heterocycles. The lowest BCUT2D eigenvalue weighted by Crippen LogP contribution is -2.46. The third-order valence-electron chi connectivity index (χ3n) is 3.58. The highest BCUT2D eigenvalue weighted by molar-refractivity contribution is 5.74. The van der Waals surface area contributed by atoms with Crippen LogP contribution in [0.2, 0.25) is 0 Å². The number of likely N-dealkylation sites (N-methyl/N-ethyl adjacent to an activating group) is 1. The first-order chi connectivity index (χ1) is 10.2. The van der Waals surface area contributed by atoms with Gasteiger partial charge in [-0.1, -0.05) is 19.0 Å². The maximum atomic E-state index is 12.3. The number of nitrogens with one attached hydrogen (secondary N) is 1. The summed E-state index contributed by atoms with van der Waals surface area (Å²) in [7, 11) is 1.65. The van der Waals surface area contributed by atoms with Crippen molar-refractivity contribution >= 4 is 6.03 Å². The number of aromatic nitrogens is 2. The van der Waals surface area contributed by atoms with Crippen LogP contribution in [0.25, 0.3) is 0 Å². The number of aliphatic hydroxyl groups is 1. The first-order valence-electron chi connectivity index (χ1n) is 7.75. The van der Waals surface area contributed by atoms with Gasteiger partial charge in [0.15, 0.2) is 5.82 Å². The number of carbonyl (C=O) groups excluding carboxylic acids is 1. The minimum Gasteiger partial charge on any atom is -0.389 e. The Balaban J connectivity index is 2.02. The number of rotatable bonds is 6. The van der Waals surface area contributed by atoms with E-state index in [2.05, 4.69) is 15.5 Å². The Hall–Kier alpha value is -1.63. The molecule has 2 amide bonds. The summed E-state index contributed by atoms with van der Waals surface area (Å²) in [6.07, 6.45) is 2.21. The van der Waals surface area contributed by atoms with E-state index in [1.807, 2.05) is 13.8 Å². The highest BCUT2D eigenvalue weighted by atomic mass is 16.5. The fourth-order valence-electron chi connectivity index (χ4n) is 2.29. The summed E-state index contributed by atoms with van der Waals surface area (Å²) in [6.45, 7) is 7.54.